The second-order valence-electron chi connectivity index (χ2n) is 4.10. The Morgan fingerprint density at radius 1 is 1.33 bits per heavy atom. The van der Waals surface area contributed by atoms with Gasteiger partial charge in [0.2, 0.25) is 15.9 Å². The van der Waals surface area contributed by atoms with Gasteiger partial charge in [-0.15, -0.1) is 0 Å². The van der Waals surface area contributed by atoms with Gasteiger partial charge in [0.25, 0.3) is 0 Å². The van der Waals surface area contributed by atoms with Crippen LogP contribution in [0.25, 0.3) is 0 Å². The topological polar surface area (TPSA) is 128 Å². The lowest BCUT2D eigenvalue weighted by molar-refractivity contribution is -0.137. The molecule has 0 heterocycles. The van der Waals surface area contributed by atoms with Gasteiger partial charge in [-0.25, -0.2) is 8.42 Å². The van der Waals surface area contributed by atoms with Crippen molar-refractivity contribution < 1.29 is 23.1 Å². The Kier molecular flexibility index (Phi) is 5.26. The molecule has 1 rings (SSSR count). The molecule has 0 atom stereocenters. The fourth-order valence-corrected chi connectivity index (χ4v) is 2.32. The minimum Gasteiger partial charge on any atom is -0.480 e. The molecule has 1 amide bonds. The van der Waals surface area contributed by atoms with Crippen molar-refractivity contribution in [2.45, 2.75) is 0 Å². The van der Waals surface area contributed by atoms with E-state index in [2.05, 4.69) is 5.32 Å². The first-order valence-corrected chi connectivity index (χ1v) is 7.55. The normalized spacial score (nSPS) is 10.5. The smallest absolute Gasteiger partial charge is 0.322 e. The number of nitrogens with zero attached hydrogens (tertiary/aromatic N) is 2. The summed E-state index contributed by atoms with van der Waals surface area (Å²) in [5.74, 6) is -1.97. The lowest BCUT2D eigenvalue weighted by Gasteiger charge is -2.21. The van der Waals surface area contributed by atoms with Gasteiger partial charge in [0.1, 0.15) is 13.1 Å². The number of carboxylic acid groups (broad SMARTS) is 1. The van der Waals surface area contributed by atoms with E-state index in [1.807, 2.05) is 6.07 Å². The molecular weight excluding hydrogens is 298 g/mol. The Bertz CT molecular complexity index is 676. The van der Waals surface area contributed by atoms with Gasteiger partial charge in [-0.1, -0.05) is 0 Å². The monoisotopic (exact) mass is 311 g/mol. The Labute approximate surface area is 121 Å². The van der Waals surface area contributed by atoms with Crippen LogP contribution in [0, 0.1) is 11.3 Å². The van der Waals surface area contributed by atoms with E-state index in [9.17, 15) is 18.0 Å². The van der Waals surface area contributed by atoms with Crippen molar-refractivity contribution in [3.05, 3.63) is 29.8 Å². The number of amides is 1. The van der Waals surface area contributed by atoms with Crippen molar-refractivity contribution in [3.63, 3.8) is 0 Å². The Morgan fingerprint density at radius 3 is 2.33 bits per heavy atom. The molecule has 9 heteroatoms. The summed E-state index contributed by atoms with van der Waals surface area (Å²) in [5.41, 5.74) is 0.560. The van der Waals surface area contributed by atoms with Crippen LogP contribution in [0.1, 0.15) is 5.56 Å². The van der Waals surface area contributed by atoms with E-state index in [1.54, 1.807) is 0 Å². The molecule has 0 aliphatic heterocycles. The van der Waals surface area contributed by atoms with Crippen LogP contribution in [0.4, 0.5) is 5.69 Å². The summed E-state index contributed by atoms with van der Waals surface area (Å²) in [4.78, 5) is 21.9. The first kappa shape index (κ1) is 16.5. The van der Waals surface area contributed by atoms with Crippen molar-refractivity contribution in [2.24, 2.45) is 0 Å². The third-order valence-electron chi connectivity index (χ3n) is 2.41. The zero-order valence-electron chi connectivity index (χ0n) is 11.1. The minimum atomic E-state index is -3.73. The highest BCUT2D eigenvalue weighted by molar-refractivity contribution is 7.92. The molecule has 0 fully saturated rings. The van der Waals surface area contributed by atoms with E-state index in [4.69, 9.17) is 10.4 Å². The molecule has 0 spiro atoms. The molecule has 0 bridgehead atoms. The second kappa shape index (κ2) is 6.71. The molecule has 0 aromatic heterocycles. The molecule has 0 aliphatic rings. The zero-order chi connectivity index (χ0) is 16.0. The van der Waals surface area contributed by atoms with E-state index >= 15 is 0 Å². The lowest BCUT2D eigenvalue weighted by Crippen LogP contribution is -2.41. The maximum Gasteiger partial charge on any atom is 0.322 e. The molecule has 2 N–H and O–H groups in total. The molecule has 0 radical (unpaired) electrons. The molecule has 0 unspecified atom stereocenters. The van der Waals surface area contributed by atoms with Crippen molar-refractivity contribution in [1.82, 2.24) is 5.32 Å². The number of benzene rings is 1. The summed E-state index contributed by atoms with van der Waals surface area (Å²) >= 11 is 0. The van der Waals surface area contributed by atoms with Crippen LogP contribution in [0.3, 0.4) is 0 Å². The van der Waals surface area contributed by atoms with Gasteiger partial charge >= 0.3 is 5.97 Å². The van der Waals surface area contributed by atoms with Crippen LogP contribution < -0.4 is 9.62 Å². The van der Waals surface area contributed by atoms with Gasteiger partial charge in [0, 0.05) is 0 Å². The number of carbonyl (C=O) groups is 2. The quantitative estimate of drug-likeness (QED) is 0.730. The van der Waals surface area contributed by atoms with Gasteiger partial charge in [-0.3, -0.25) is 13.9 Å². The van der Waals surface area contributed by atoms with Gasteiger partial charge in [0.15, 0.2) is 0 Å². The molecule has 0 saturated carbocycles. The Morgan fingerprint density at radius 2 is 1.90 bits per heavy atom. The van der Waals surface area contributed by atoms with E-state index in [-0.39, 0.29) is 5.69 Å². The fraction of sp³-hybridized carbons (Fsp3) is 0.250. The number of hydrogen-bond acceptors (Lipinski definition) is 5. The van der Waals surface area contributed by atoms with E-state index in [1.165, 1.54) is 24.3 Å². The van der Waals surface area contributed by atoms with E-state index < -0.39 is 35.0 Å². The zero-order valence-corrected chi connectivity index (χ0v) is 11.9. The summed E-state index contributed by atoms with van der Waals surface area (Å²) < 4.78 is 24.3. The summed E-state index contributed by atoms with van der Waals surface area (Å²) in [6.07, 6.45) is 0.926. The summed E-state index contributed by atoms with van der Waals surface area (Å²) in [7, 11) is -3.73. The minimum absolute atomic E-state index is 0.210. The highest BCUT2D eigenvalue weighted by atomic mass is 32.2. The molecular formula is C12H13N3O5S. The van der Waals surface area contributed by atoms with Crippen LogP contribution in [-0.4, -0.2) is 44.7 Å². The number of aliphatic carboxylic acids is 1. The predicted octanol–water partition coefficient (Wildman–Crippen LogP) is -0.475. The number of nitrogens with one attached hydrogen (secondary N) is 1. The van der Waals surface area contributed by atoms with Gasteiger partial charge in [0.05, 0.1) is 23.6 Å². The second-order valence-corrected chi connectivity index (χ2v) is 6.01. The van der Waals surface area contributed by atoms with Crippen LogP contribution in [0.2, 0.25) is 0 Å². The largest absolute Gasteiger partial charge is 0.480 e. The molecule has 0 saturated heterocycles. The number of nitriles is 1. The molecule has 112 valence electrons. The first-order chi connectivity index (χ1) is 9.74. The number of hydrogen-bond donors (Lipinski definition) is 2. The molecule has 8 nitrogen and oxygen atoms in total. The maximum absolute atomic E-state index is 11.7. The number of rotatable bonds is 6. The van der Waals surface area contributed by atoms with Crippen LogP contribution in [-0.2, 0) is 19.6 Å². The summed E-state index contributed by atoms with van der Waals surface area (Å²) in [6.45, 7) is -1.14. The average molecular weight is 311 g/mol. The van der Waals surface area contributed by atoms with Crippen molar-refractivity contribution in [3.8, 4) is 6.07 Å². The van der Waals surface area contributed by atoms with Crippen molar-refractivity contribution >= 4 is 27.6 Å². The average Bonchev–Trinajstić information content (AvgIpc) is 2.41. The molecule has 21 heavy (non-hydrogen) atoms. The van der Waals surface area contributed by atoms with Crippen LogP contribution in [0.5, 0.6) is 0 Å². The third-order valence-corrected chi connectivity index (χ3v) is 3.55. The SMILES string of the molecule is CS(=O)(=O)N(CC(=O)NCC(=O)O)c1ccc(C#N)cc1. The standard InChI is InChI=1S/C12H13N3O5S/c1-21(19,20)15(8-11(16)14-7-12(17)18)10-4-2-9(6-13)3-5-10/h2-5H,7-8H2,1H3,(H,14,16)(H,17,18). The highest BCUT2D eigenvalue weighted by Gasteiger charge is 2.20. The van der Waals surface area contributed by atoms with Crippen molar-refractivity contribution in [1.29, 1.82) is 5.26 Å². The number of carbonyl (C=O) groups excluding carboxylic acids is 1. The van der Waals surface area contributed by atoms with Crippen LogP contribution >= 0.6 is 0 Å². The number of carboxylic acids is 1. The van der Waals surface area contributed by atoms with Gasteiger partial charge < -0.3 is 10.4 Å². The fourth-order valence-electron chi connectivity index (χ4n) is 1.46. The van der Waals surface area contributed by atoms with Crippen molar-refractivity contribution in [2.75, 3.05) is 23.7 Å². The Hall–Kier alpha value is -2.60. The van der Waals surface area contributed by atoms with E-state index in [0.29, 0.717) is 5.56 Å². The van der Waals surface area contributed by atoms with E-state index in [0.717, 1.165) is 10.6 Å². The van der Waals surface area contributed by atoms with Gasteiger partial charge in [-0.05, 0) is 24.3 Å². The van der Waals surface area contributed by atoms with Gasteiger partial charge in [-0.2, -0.15) is 5.26 Å². The highest BCUT2D eigenvalue weighted by Crippen LogP contribution is 2.17. The number of sulfonamides is 1. The first-order valence-electron chi connectivity index (χ1n) is 5.70. The molecule has 1 aromatic carbocycles. The number of anilines is 1. The lowest BCUT2D eigenvalue weighted by atomic mass is 10.2. The maximum atomic E-state index is 11.7. The predicted molar refractivity (Wildman–Crippen MR) is 74.0 cm³/mol. The molecule has 0 aliphatic carbocycles. The summed E-state index contributed by atoms with van der Waals surface area (Å²) in [5, 5.41) is 19.2. The third kappa shape index (κ3) is 5.12. The Balaban J connectivity index is 2.94. The summed E-state index contributed by atoms with van der Waals surface area (Å²) in [6, 6.07) is 7.52. The molecule has 1 aromatic rings. The van der Waals surface area contributed by atoms with Crippen LogP contribution in [0.15, 0.2) is 24.3 Å².